The van der Waals surface area contributed by atoms with Crippen LogP contribution < -0.4 is 5.30 Å². The standard InChI is InChI=1S/C19H33P/c1-5-11-18(6-2)15-14-17(4)16-20(7-3)19-12-9-8-10-13-19/h8-10,12-13,17-18H,5-7,11,14-16H2,1-4H3/p+1. The number of benzene rings is 1. The first-order chi connectivity index (χ1) is 9.71. The lowest BCUT2D eigenvalue weighted by molar-refractivity contribution is 0.389. The fourth-order valence-electron chi connectivity index (χ4n) is 3.14. The van der Waals surface area contributed by atoms with Gasteiger partial charge >= 0.3 is 0 Å². The summed E-state index contributed by atoms with van der Waals surface area (Å²) >= 11 is 0. The van der Waals surface area contributed by atoms with Crippen molar-refractivity contribution in [1.82, 2.24) is 0 Å². The Morgan fingerprint density at radius 2 is 1.65 bits per heavy atom. The van der Waals surface area contributed by atoms with Gasteiger partial charge in [0.15, 0.2) is 0 Å². The summed E-state index contributed by atoms with van der Waals surface area (Å²) in [7, 11) is -0.327. The van der Waals surface area contributed by atoms with Gasteiger partial charge in [0, 0.05) is 7.92 Å². The van der Waals surface area contributed by atoms with E-state index in [1.807, 2.05) is 0 Å². The molecule has 0 aliphatic heterocycles. The van der Waals surface area contributed by atoms with Gasteiger partial charge < -0.3 is 0 Å². The van der Waals surface area contributed by atoms with E-state index in [2.05, 4.69) is 58.0 Å². The first-order valence-corrected chi connectivity index (χ1v) is 10.5. The van der Waals surface area contributed by atoms with Gasteiger partial charge in [-0.25, -0.2) is 0 Å². The molecule has 0 aromatic heterocycles. The second-order valence-electron chi connectivity index (χ2n) is 6.27. The Balaban J connectivity index is 2.41. The average Bonchev–Trinajstić information content (AvgIpc) is 2.49. The average molecular weight is 293 g/mol. The fourth-order valence-corrected chi connectivity index (χ4v) is 5.79. The van der Waals surface area contributed by atoms with Crippen molar-refractivity contribution in [3.05, 3.63) is 30.3 Å². The monoisotopic (exact) mass is 293 g/mol. The molecule has 0 aliphatic rings. The maximum atomic E-state index is 2.47. The van der Waals surface area contributed by atoms with Crippen LogP contribution in [0.25, 0.3) is 0 Å². The third-order valence-electron chi connectivity index (χ3n) is 4.55. The Kier molecular flexibility index (Phi) is 9.19. The van der Waals surface area contributed by atoms with Gasteiger partial charge in [-0.05, 0) is 37.3 Å². The van der Waals surface area contributed by atoms with Crippen LogP contribution in [0.15, 0.2) is 30.3 Å². The van der Waals surface area contributed by atoms with Crippen LogP contribution in [0.2, 0.25) is 0 Å². The lowest BCUT2D eigenvalue weighted by atomic mass is 9.92. The highest BCUT2D eigenvalue weighted by Crippen LogP contribution is 2.37. The second-order valence-corrected chi connectivity index (χ2v) is 9.17. The van der Waals surface area contributed by atoms with Gasteiger partial charge in [-0.3, -0.25) is 0 Å². The van der Waals surface area contributed by atoms with Gasteiger partial charge in [-0.15, -0.1) is 0 Å². The summed E-state index contributed by atoms with van der Waals surface area (Å²) in [5, 5.41) is 1.63. The van der Waals surface area contributed by atoms with Crippen LogP contribution in [0.3, 0.4) is 0 Å². The molecule has 0 bridgehead atoms. The molecule has 114 valence electrons. The molecule has 1 aromatic carbocycles. The van der Waals surface area contributed by atoms with Crippen LogP contribution >= 0.6 is 7.92 Å². The molecule has 0 N–H and O–H groups in total. The van der Waals surface area contributed by atoms with E-state index in [4.69, 9.17) is 0 Å². The minimum atomic E-state index is -0.327. The topological polar surface area (TPSA) is 0 Å². The van der Waals surface area contributed by atoms with Crippen molar-refractivity contribution in [2.75, 3.05) is 12.3 Å². The predicted molar refractivity (Wildman–Crippen MR) is 96.9 cm³/mol. The van der Waals surface area contributed by atoms with Gasteiger partial charge in [-0.1, -0.05) is 64.7 Å². The Bertz CT molecular complexity index is 333. The zero-order valence-electron chi connectivity index (χ0n) is 14.0. The molecule has 0 amide bonds. The van der Waals surface area contributed by atoms with E-state index in [9.17, 15) is 0 Å². The van der Waals surface area contributed by atoms with Crippen LogP contribution in [0.1, 0.15) is 59.8 Å². The molecule has 0 heterocycles. The van der Waals surface area contributed by atoms with E-state index in [1.54, 1.807) is 5.30 Å². The van der Waals surface area contributed by atoms with Crippen molar-refractivity contribution in [3.63, 3.8) is 0 Å². The van der Waals surface area contributed by atoms with Gasteiger partial charge in [0.25, 0.3) is 0 Å². The molecule has 3 unspecified atom stereocenters. The first kappa shape index (κ1) is 17.7. The summed E-state index contributed by atoms with van der Waals surface area (Å²) in [4.78, 5) is 0. The first-order valence-electron chi connectivity index (χ1n) is 8.61. The normalized spacial score (nSPS) is 15.8. The molecular weight excluding hydrogens is 259 g/mol. The van der Waals surface area contributed by atoms with Gasteiger partial charge in [0.05, 0.1) is 17.6 Å². The molecule has 0 saturated heterocycles. The van der Waals surface area contributed by atoms with Crippen LogP contribution in [0.4, 0.5) is 0 Å². The van der Waals surface area contributed by atoms with E-state index >= 15 is 0 Å². The van der Waals surface area contributed by atoms with Crippen molar-refractivity contribution in [2.45, 2.75) is 59.8 Å². The van der Waals surface area contributed by atoms with E-state index in [0.29, 0.717) is 0 Å². The third kappa shape index (κ3) is 6.40. The molecule has 0 spiro atoms. The van der Waals surface area contributed by atoms with Crippen molar-refractivity contribution in [2.24, 2.45) is 11.8 Å². The highest BCUT2D eigenvalue weighted by atomic mass is 31.1. The Morgan fingerprint density at radius 1 is 0.950 bits per heavy atom. The lowest BCUT2D eigenvalue weighted by Gasteiger charge is -2.18. The van der Waals surface area contributed by atoms with Gasteiger partial charge in [0.2, 0.25) is 0 Å². The zero-order chi connectivity index (χ0) is 14.8. The molecule has 0 saturated carbocycles. The molecule has 0 fully saturated rings. The largest absolute Gasteiger partial charge is 0.0914 e. The molecule has 20 heavy (non-hydrogen) atoms. The third-order valence-corrected chi connectivity index (χ3v) is 7.74. The van der Waals surface area contributed by atoms with Crippen LogP contribution in [-0.4, -0.2) is 12.3 Å². The molecule has 0 radical (unpaired) electrons. The second kappa shape index (κ2) is 10.4. The summed E-state index contributed by atoms with van der Waals surface area (Å²) in [6.45, 7) is 9.53. The summed E-state index contributed by atoms with van der Waals surface area (Å²) in [5.74, 6) is 1.87. The maximum Gasteiger partial charge on any atom is 0.0914 e. The van der Waals surface area contributed by atoms with Gasteiger partial charge in [0.1, 0.15) is 0 Å². The predicted octanol–water partition coefficient (Wildman–Crippen LogP) is 5.79. The highest BCUT2D eigenvalue weighted by molar-refractivity contribution is 7.65. The zero-order valence-corrected chi connectivity index (χ0v) is 15.0. The van der Waals surface area contributed by atoms with E-state index in [-0.39, 0.29) is 7.92 Å². The lowest BCUT2D eigenvalue weighted by Crippen LogP contribution is -2.11. The van der Waals surface area contributed by atoms with Crippen LogP contribution in [-0.2, 0) is 0 Å². The number of hydrogen-bond donors (Lipinski definition) is 0. The minimum Gasteiger partial charge on any atom is -0.0654 e. The summed E-state index contributed by atoms with van der Waals surface area (Å²) in [5.41, 5.74) is 0. The molecule has 0 aliphatic carbocycles. The quantitative estimate of drug-likeness (QED) is 0.479. The molecule has 1 rings (SSSR count). The highest BCUT2D eigenvalue weighted by Gasteiger charge is 2.20. The van der Waals surface area contributed by atoms with E-state index < -0.39 is 0 Å². The van der Waals surface area contributed by atoms with Gasteiger partial charge in [-0.2, -0.15) is 0 Å². The molecular formula is C19H34P+. The maximum absolute atomic E-state index is 2.47. The molecule has 3 atom stereocenters. The van der Waals surface area contributed by atoms with E-state index in [0.717, 1.165) is 11.8 Å². The van der Waals surface area contributed by atoms with Crippen molar-refractivity contribution in [1.29, 1.82) is 0 Å². The summed E-state index contributed by atoms with van der Waals surface area (Å²) in [6.07, 6.45) is 9.83. The van der Waals surface area contributed by atoms with Crippen molar-refractivity contribution >= 4 is 13.2 Å². The minimum absolute atomic E-state index is 0.327. The Morgan fingerprint density at radius 3 is 2.20 bits per heavy atom. The Labute approximate surface area is 128 Å². The molecule has 1 heteroatoms. The molecule has 1 aromatic rings. The summed E-state index contributed by atoms with van der Waals surface area (Å²) < 4.78 is 0. The Hall–Kier alpha value is -0.350. The number of hydrogen-bond acceptors (Lipinski definition) is 0. The van der Waals surface area contributed by atoms with Crippen molar-refractivity contribution < 1.29 is 0 Å². The molecule has 0 nitrogen and oxygen atoms in total. The van der Waals surface area contributed by atoms with Crippen LogP contribution in [0.5, 0.6) is 0 Å². The van der Waals surface area contributed by atoms with Crippen molar-refractivity contribution in [3.8, 4) is 0 Å². The number of rotatable bonds is 10. The smallest absolute Gasteiger partial charge is 0.0654 e. The van der Waals surface area contributed by atoms with Crippen LogP contribution in [0, 0.1) is 11.8 Å². The summed E-state index contributed by atoms with van der Waals surface area (Å²) in [6, 6.07) is 11.2. The van der Waals surface area contributed by atoms with E-state index in [1.165, 1.54) is 44.4 Å². The fraction of sp³-hybridized carbons (Fsp3) is 0.684. The SMILES string of the molecule is CCCC(CC)CCC(C)C[PH+](CC)c1ccccc1.